The van der Waals surface area contributed by atoms with Crippen molar-refractivity contribution in [1.82, 2.24) is 0 Å². The average molecular weight is 327 g/mol. The van der Waals surface area contributed by atoms with E-state index >= 15 is 0 Å². The van der Waals surface area contributed by atoms with Crippen molar-refractivity contribution in [2.45, 2.75) is 18.5 Å². The van der Waals surface area contributed by atoms with Gasteiger partial charge in [-0.05, 0) is 36.2 Å². The smallest absolute Gasteiger partial charge is 0.118 e. The zero-order chi connectivity index (χ0) is 15.6. The molecule has 21 heavy (non-hydrogen) atoms. The van der Waals surface area contributed by atoms with E-state index in [1.165, 1.54) is 12.1 Å². The highest BCUT2D eigenvalue weighted by atomic mass is 35.5. The number of phenols is 2. The normalized spacial score (nSPS) is 13.9. The summed E-state index contributed by atoms with van der Waals surface area (Å²) in [7, 11) is 0. The molecule has 2 rings (SSSR count). The summed E-state index contributed by atoms with van der Waals surface area (Å²) in [5.74, 6) is 0.170. The minimum absolute atomic E-state index is 0.0104. The van der Waals surface area contributed by atoms with E-state index in [-0.39, 0.29) is 17.5 Å². The van der Waals surface area contributed by atoms with Crippen LogP contribution in [-0.2, 0) is 0 Å². The Balaban J connectivity index is 2.18. The summed E-state index contributed by atoms with van der Waals surface area (Å²) in [6.07, 6.45) is 0.426. The fraction of sp³-hybridized carbons (Fsp3) is 0.200. The van der Waals surface area contributed by atoms with Crippen molar-refractivity contribution >= 4 is 23.2 Å². The van der Waals surface area contributed by atoms with Crippen LogP contribution in [0.2, 0.25) is 10.0 Å². The second-order valence-corrected chi connectivity index (χ2v) is 5.68. The van der Waals surface area contributed by atoms with Gasteiger partial charge >= 0.3 is 0 Å². The number of aromatic hydroxyl groups is 2. The molecule has 0 spiro atoms. The molecule has 0 aromatic heterocycles. The number of hydrogen-bond donors (Lipinski definition) is 4. The Morgan fingerprint density at radius 2 is 1.38 bits per heavy atom. The van der Waals surface area contributed by atoms with Crippen molar-refractivity contribution < 1.29 is 10.2 Å². The fourth-order valence-electron chi connectivity index (χ4n) is 2.17. The Morgan fingerprint density at radius 3 is 1.90 bits per heavy atom. The van der Waals surface area contributed by atoms with Crippen LogP contribution in [0.3, 0.4) is 0 Å². The summed E-state index contributed by atoms with van der Waals surface area (Å²) < 4.78 is 0. The highest BCUT2D eigenvalue weighted by Crippen LogP contribution is 2.36. The van der Waals surface area contributed by atoms with Gasteiger partial charge < -0.3 is 21.7 Å². The van der Waals surface area contributed by atoms with Gasteiger partial charge in [-0.15, -0.1) is 0 Å². The van der Waals surface area contributed by atoms with Crippen molar-refractivity contribution in [3.05, 3.63) is 57.6 Å². The molecule has 2 aromatic carbocycles. The number of halogens is 2. The number of hydrogen-bond acceptors (Lipinski definition) is 4. The molecular formula is C15H16Cl2N2O2. The van der Waals surface area contributed by atoms with Crippen LogP contribution in [0.25, 0.3) is 0 Å². The van der Waals surface area contributed by atoms with E-state index in [1.807, 2.05) is 0 Å². The van der Waals surface area contributed by atoms with E-state index in [9.17, 15) is 10.2 Å². The van der Waals surface area contributed by atoms with Crippen LogP contribution in [-0.4, -0.2) is 10.2 Å². The summed E-state index contributed by atoms with van der Waals surface area (Å²) in [6, 6.07) is 8.64. The lowest BCUT2D eigenvalue weighted by molar-refractivity contribution is 0.474. The van der Waals surface area contributed by atoms with Gasteiger partial charge in [0.05, 0.1) is 10.0 Å². The monoisotopic (exact) mass is 326 g/mol. The lowest BCUT2D eigenvalue weighted by Crippen LogP contribution is -2.20. The molecule has 0 aliphatic carbocycles. The second-order valence-electron chi connectivity index (χ2n) is 4.86. The molecule has 0 aliphatic heterocycles. The molecule has 0 radical (unpaired) electrons. The molecule has 2 aromatic rings. The Bertz CT molecular complexity index is 609. The summed E-state index contributed by atoms with van der Waals surface area (Å²) in [4.78, 5) is 0. The van der Waals surface area contributed by atoms with Crippen molar-refractivity contribution in [2.75, 3.05) is 0 Å². The molecule has 0 aliphatic rings. The highest BCUT2D eigenvalue weighted by Gasteiger charge is 2.19. The first kappa shape index (κ1) is 15.9. The van der Waals surface area contributed by atoms with Gasteiger partial charge in [0, 0.05) is 17.6 Å². The Hall–Kier alpha value is -1.46. The first-order valence-corrected chi connectivity index (χ1v) is 7.12. The lowest BCUT2D eigenvalue weighted by Gasteiger charge is -2.20. The van der Waals surface area contributed by atoms with Crippen LogP contribution >= 0.6 is 23.2 Å². The standard InChI is InChI=1S/C15H16Cl2N2O2/c16-11-5-10(21)6-12(17)15(11)14(19)7-13(18)8-1-3-9(20)4-2-8/h1-6,13-14,20-21H,7,18-19H2. The van der Waals surface area contributed by atoms with E-state index in [0.717, 1.165) is 5.56 Å². The Kier molecular flexibility index (Phi) is 4.96. The molecule has 112 valence electrons. The topological polar surface area (TPSA) is 92.5 Å². The van der Waals surface area contributed by atoms with E-state index in [0.29, 0.717) is 22.0 Å². The number of phenolic OH excluding ortho intramolecular Hbond substituents is 2. The zero-order valence-corrected chi connectivity index (χ0v) is 12.6. The van der Waals surface area contributed by atoms with Crippen molar-refractivity contribution in [3.8, 4) is 11.5 Å². The number of nitrogens with two attached hydrogens (primary N) is 2. The van der Waals surface area contributed by atoms with Gasteiger partial charge in [0.1, 0.15) is 11.5 Å². The summed E-state index contributed by atoms with van der Waals surface area (Å²) in [5, 5.41) is 19.3. The largest absolute Gasteiger partial charge is 0.508 e. The maximum absolute atomic E-state index is 9.43. The molecule has 0 bridgehead atoms. The minimum Gasteiger partial charge on any atom is -0.508 e. The van der Waals surface area contributed by atoms with Crippen LogP contribution in [0, 0.1) is 0 Å². The predicted molar refractivity (Wildman–Crippen MR) is 84.7 cm³/mol. The molecule has 2 atom stereocenters. The summed E-state index contributed by atoms with van der Waals surface area (Å²) >= 11 is 12.2. The van der Waals surface area contributed by atoms with Crippen molar-refractivity contribution in [3.63, 3.8) is 0 Å². The minimum atomic E-state index is -0.464. The third-order valence-corrected chi connectivity index (χ3v) is 3.89. The quantitative estimate of drug-likeness (QED) is 0.691. The molecule has 0 amide bonds. The molecule has 4 nitrogen and oxygen atoms in total. The van der Waals surface area contributed by atoms with Crippen LogP contribution in [0.4, 0.5) is 0 Å². The van der Waals surface area contributed by atoms with Gasteiger partial charge in [-0.25, -0.2) is 0 Å². The van der Waals surface area contributed by atoms with E-state index in [2.05, 4.69) is 0 Å². The Labute approximate surface area is 132 Å². The first-order valence-electron chi connectivity index (χ1n) is 6.36. The maximum Gasteiger partial charge on any atom is 0.118 e. The van der Waals surface area contributed by atoms with Crippen LogP contribution < -0.4 is 11.5 Å². The van der Waals surface area contributed by atoms with E-state index in [1.54, 1.807) is 24.3 Å². The van der Waals surface area contributed by atoms with E-state index < -0.39 is 6.04 Å². The summed E-state index contributed by atoms with van der Waals surface area (Å²) in [6.45, 7) is 0. The second kappa shape index (κ2) is 6.54. The molecular weight excluding hydrogens is 311 g/mol. The molecule has 0 saturated carbocycles. The number of rotatable bonds is 4. The van der Waals surface area contributed by atoms with E-state index in [4.69, 9.17) is 34.7 Å². The highest BCUT2D eigenvalue weighted by molar-refractivity contribution is 6.36. The summed E-state index contributed by atoms with van der Waals surface area (Å²) in [5.41, 5.74) is 13.7. The van der Waals surface area contributed by atoms with Crippen molar-refractivity contribution in [2.24, 2.45) is 11.5 Å². The molecule has 0 fully saturated rings. The fourth-order valence-corrected chi connectivity index (χ4v) is 2.93. The third-order valence-electron chi connectivity index (χ3n) is 3.26. The predicted octanol–water partition coefficient (Wildman–Crippen LogP) is 3.49. The van der Waals surface area contributed by atoms with Crippen LogP contribution in [0.15, 0.2) is 36.4 Å². The van der Waals surface area contributed by atoms with Crippen LogP contribution in [0.5, 0.6) is 11.5 Å². The van der Waals surface area contributed by atoms with Gasteiger partial charge in [0.15, 0.2) is 0 Å². The lowest BCUT2D eigenvalue weighted by atomic mass is 9.96. The molecule has 2 unspecified atom stereocenters. The third kappa shape index (κ3) is 3.80. The molecule has 0 saturated heterocycles. The Morgan fingerprint density at radius 1 is 0.857 bits per heavy atom. The molecule has 6 N–H and O–H groups in total. The first-order chi connectivity index (χ1) is 9.88. The van der Waals surface area contributed by atoms with Crippen molar-refractivity contribution in [1.29, 1.82) is 0 Å². The van der Waals surface area contributed by atoms with Gasteiger partial charge in [0.25, 0.3) is 0 Å². The SMILES string of the molecule is NC(CC(N)c1c(Cl)cc(O)cc1Cl)c1ccc(O)cc1. The van der Waals surface area contributed by atoms with Gasteiger partial charge in [-0.1, -0.05) is 35.3 Å². The van der Waals surface area contributed by atoms with Gasteiger partial charge in [-0.2, -0.15) is 0 Å². The average Bonchev–Trinajstić information content (AvgIpc) is 2.37. The maximum atomic E-state index is 9.43. The van der Waals surface area contributed by atoms with Crippen LogP contribution in [0.1, 0.15) is 29.6 Å². The number of benzene rings is 2. The molecule has 0 heterocycles. The molecule has 6 heteroatoms. The zero-order valence-electron chi connectivity index (χ0n) is 11.1. The van der Waals surface area contributed by atoms with Gasteiger partial charge in [0.2, 0.25) is 0 Å². The van der Waals surface area contributed by atoms with Gasteiger partial charge in [-0.3, -0.25) is 0 Å².